The van der Waals surface area contributed by atoms with Crippen molar-refractivity contribution in [2.24, 2.45) is 5.92 Å². The van der Waals surface area contributed by atoms with Crippen LogP contribution in [0.25, 0.3) is 0 Å². The number of aliphatic hydroxyl groups is 1. The summed E-state index contributed by atoms with van der Waals surface area (Å²) in [6, 6.07) is 0. The van der Waals surface area contributed by atoms with Crippen LogP contribution in [-0.2, 0) is 4.79 Å². The van der Waals surface area contributed by atoms with Crippen molar-refractivity contribution in [2.45, 2.75) is 66.2 Å². The lowest BCUT2D eigenvalue weighted by molar-refractivity contribution is -0.877. The molecule has 0 aromatic carbocycles. The van der Waals surface area contributed by atoms with Gasteiger partial charge in [-0.25, -0.2) is 0 Å². The van der Waals surface area contributed by atoms with Gasteiger partial charge in [-0.15, -0.1) is 0 Å². The van der Waals surface area contributed by atoms with Crippen molar-refractivity contribution in [2.75, 3.05) is 19.6 Å². The molecule has 124 valence electrons. The monoisotopic (exact) mass is 300 g/mol. The molecule has 0 bridgehead atoms. The van der Waals surface area contributed by atoms with E-state index < -0.39 is 5.97 Å². The topological polar surface area (TPSA) is 57.5 Å². The van der Waals surface area contributed by atoms with Crippen LogP contribution >= 0.6 is 0 Å². The minimum absolute atomic E-state index is 0.333. The summed E-state index contributed by atoms with van der Waals surface area (Å²) in [6.45, 7) is 10.6. The standard InChI is InChI=1S/C17H33NO3/c1-5-8-9-10-11-16(19)14-18(6-2,7-3)13-12-15(4)17(20)21/h14-15H,5-13H2,1-4H3,(H-,19,20,21)/p+1/b16-14-. The number of carboxylic acid groups (broad SMARTS) is 1. The summed E-state index contributed by atoms with van der Waals surface area (Å²) >= 11 is 0. The van der Waals surface area contributed by atoms with Crippen LogP contribution in [0.1, 0.15) is 66.2 Å². The van der Waals surface area contributed by atoms with Crippen LogP contribution in [-0.4, -0.2) is 40.3 Å². The summed E-state index contributed by atoms with van der Waals surface area (Å²) in [4.78, 5) is 10.9. The number of quaternary nitrogens is 1. The predicted octanol–water partition coefficient (Wildman–Crippen LogP) is 4.32. The van der Waals surface area contributed by atoms with Gasteiger partial charge >= 0.3 is 5.97 Å². The molecule has 0 fully saturated rings. The van der Waals surface area contributed by atoms with Gasteiger partial charge in [0.05, 0.1) is 25.6 Å². The summed E-state index contributed by atoms with van der Waals surface area (Å²) in [6.07, 6.45) is 7.90. The first kappa shape index (κ1) is 20.0. The molecule has 0 aromatic heterocycles. The normalized spacial score (nSPS) is 14.2. The summed E-state index contributed by atoms with van der Waals surface area (Å²) in [5.41, 5.74) is 0. The summed E-state index contributed by atoms with van der Waals surface area (Å²) < 4.78 is 0.664. The van der Waals surface area contributed by atoms with Crippen molar-refractivity contribution < 1.29 is 19.5 Å². The second-order valence-electron chi connectivity index (χ2n) is 6.03. The van der Waals surface area contributed by atoms with Crippen LogP contribution in [0.2, 0.25) is 0 Å². The van der Waals surface area contributed by atoms with Gasteiger partial charge in [0, 0.05) is 12.8 Å². The van der Waals surface area contributed by atoms with Crippen LogP contribution in [0.5, 0.6) is 0 Å². The molecule has 0 aliphatic carbocycles. The van der Waals surface area contributed by atoms with E-state index in [1.165, 1.54) is 12.8 Å². The average molecular weight is 300 g/mol. The van der Waals surface area contributed by atoms with E-state index in [0.29, 0.717) is 16.7 Å². The van der Waals surface area contributed by atoms with Gasteiger partial charge in [-0.2, -0.15) is 0 Å². The third-order valence-corrected chi connectivity index (χ3v) is 4.40. The van der Waals surface area contributed by atoms with Crippen molar-refractivity contribution in [3.05, 3.63) is 12.0 Å². The number of allylic oxidation sites excluding steroid dienone is 1. The fourth-order valence-corrected chi connectivity index (χ4v) is 2.47. The number of carbonyl (C=O) groups is 1. The highest BCUT2D eigenvalue weighted by Crippen LogP contribution is 2.17. The SMILES string of the molecule is CCCCCC/C(O)=C/[N+](CC)(CC)CCC(C)C(=O)O. The molecule has 4 nitrogen and oxygen atoms in total. The molecule has 0 saturated heterocycles. The smallest absolute Gasteiger partial charge is 0.306 e. The molecule has 0 radical (unpaired) electrons. The van der Waals surface area contributed by atoms with E-state index in [2.05, 4.69) is 20.8 Å². The number of unbranched alkanes of at least 4 members (excludes halogenated alkanes) is 3. The number of aliphatic hydroxyl groups excluding tert-OH is 1. The van der Waals surface area contributed by atoms with Gasteiger partial charge < -0.3 is 10.2 Å². The molecule has 1 unspecified atom stereocenters. The predicted molar refractivity (Wildman–Crippen MR) is 87.1 cm³/mol. The van der Waals surface area contributed by atoms with Crippen LogP contribution < -0.4 is 0 Å². The summed E-state index contributed by atoms with van der Waals surface area (Å²) in [5.74, 6) is -0.619. The van der Waals surface area contributed by atoms with E-state index in [-0.39, 0.29) is 5.92 Å². The van der Waals surface area contributed by atoms with Gasteiger partial charge in [0.25, 0.3) is 0 Å². The Bertz CT molecular complexity index is 322. The fourth-order valence-electron chi connectivity index (χ4n) is 2.47. The van der Waals surface area contributed by atoms with Gasteiger partial charge in [0.15, 0.2) is 0 Å². The molecule has 1 atom stereocenters. The number of hydrogen-bond acceptors (Lipinski definition) is 2. The Balaban J connectivity index is 4.58. The minimum Gasteiger partial charge on any atom is -0.507 e. The molecule has 0 aromatic rings. The maximum atomic E-state index is 10.9. The van der Waals surface area contributed by atoms with Crippen molar-refractivity contribution in [3.63, 3.8) is 0 Å². The van der Waals surface area contributed by atoms with Crippen LogP contribution in [0.3, 0.4) is 0 Å². The Morgan fingerprint density at radius 2 is 1.71 bits per heavy atom. The molecule has 0 rings (SSSR count). The van der Waals surface area contributed by atoms with Crippen molar-refractivity contribution in [3.8, 4) is 0 Å². The van der Waals surface area contributed by atoms with E-state index in [4.69, 9.17) is 5.11 Å². The van der Waals surface area contributed by atoms with E-state index >= 15 is 0 Å². The van der Waals surface area contributed by atoms with Crippen LogP contribution in [0.4, 0.5) is 0 Å². The first-order valence-electron chi connectivity index (χ1n) is 8.40. The van der Waals surface area contributed by atoms with Gasteiger partial charge in [0.2, 0.25) is 0 Å². The molecule has 0 heterocycles. The molecule has 4 heteroatoms. The Labute approximate surface area is 130 Å². The largest absolute Gasteiger partial charge is 0.507 e. The third kappa shape index (κ3) is 8.10. The van der Waals surface area contributed by atoms with Gasteiger partial charge in [-0.1, -0.05) is 33.1 Å². The number of rotatable bonds is 12. The van der Waals surface area contributed by atoms with E-state index in [9.17, 15) is 9.90 Å². The second kappa shape index (κ2) is 10.7. The first-order valence-corrected chi connectivity index (χ1v) is 8.40. The molecule has 0 saturated carbocycles. The van der Waals surface area contributed by atoms with E-state index in [1.54, 1.807) is 6.92 Å². The second-order valence-corrected chi connectivity index (χ2v) is 6.03. The first-order chi connectivity index (χ1) is 9.90. The molecule has 0 amide bonds. The zero-order chi connectivity index (χ0) is 16.3. The number of carboxylic acids is 1. The molecule has 0 aliphatic rings. The average Bonchev–Trinajstić information content (AvgIpc) is 2.47. The molecule has 2 N–H and O–H groups in total. The quantitative estimate of drug-likeness (QED) is 0.320. The van der Waals surface area contributed by atoms with Crippen LogP contribution in [0, 0.1) is 5.92 Å². The van der Waals surface area contributed by atoms with Crippen molar-refractivity contribution in [1.29, 1.82) is 0 Å². The van der Waals surface area contributed by atoms with E-state index in [1.807, 2.05) is 6.20 Å². The molecule has 0 aliphatic heterocycles. The van der Waals surface area contributed by atoms with Gasteiger partial charge in [-0.05, 0) is 20.3 Å². The van der Waals surface area contributed by atoms with Crippen molar-refractivity contribution >= 4 is 5.97 Å². The van der Waals surface area contributed by atoms with Gasteiger partial charge in [0.1, 0.15) is 12.0 Å². The Hall–Kier alpha value is -1.03. The number of nitrogens with zero attached hydrogens (tertiary/aromatic N) is 1. The molecule has 0 spiro atoms. The number of aliphatic carboxylic acids is 1. The zero-order valence-electron chi connectivity index (χ0n) is 14.3. The lowest BCUT2D eigenvalue weighted by Crippen LogP contribution is -2.44. The number of hydrogen-bond donors (Lipinski definition) is 2. The van der Waals surface area contributed by atoms with Crippen LogP contribution in [0.15, 0.2) is 12.0 Å². The molecular formula is C17H34NO3+. The highest BCUT2D eigenvalue weighted by molar-refractivity contribution is 5.69. The zero-order valence-corrected chi connectivity index (χ0v) is 14.3. The maximum absolute atomic E-state index is 10.9. The lowest BCUT2D eigenvalue weighted by Gasteiger charge is -2.33. The Morgan fingerprint density at radius 1 is 1.10 bits per heavy atom. The summed E-state index contributed by atoms with van der Waals surface area (Å²) in [7, 11) is 0. The van der Waals surface area contributed by atoms with E-state index in [0.717, 1.165) is 38.9 Å². The van der Waals surface area contributed by atoms with Crippen molar-refractivity contribution in [1.82, 2.24) is 0 Å². The third-order valence-electron chi connectivity index (χ3n) is 4.40. The Morgan fingerprint density at radius 3 is 2.19 bits per heavy atom. The summed E-state index contributed by atoms with van der Waals surface area (Å²) in [5, 5.41) is 19.2. The lowest BCUT2D eigenvalue weighted by atomic mass is 10.1. The molecular weight excluding hydrogens is 266 g/mol. The molecule has 21 heavy (non-hydrogen) atoms. The Kier molecular flexibility index (Phi) is 10.1. The highest BCUT2D eigenvalue weighted by Gasteiger charge is 2.24. The fraction of sp³-hybridized carbons (Fsp3) is 0.824. The maximum Gasteiger partial charge on any atom is 0.306 e. The minimum atomic E-state index is -0.743. The highest BCUT2D eigenvalue weighted by atomic mass is 16.4. The van der Waals surface area contributed by atoms with Gasteiger partial charge in [-0.3, -0.25) is 9.28 Å².